The Hall–Kier alpha value is -1.88. The number of rotatable bonds is 5. The standard InChI is InChI=1S/C15H17N3OS/c1-10-14(20-9-17-10)8-16-12-3-2-4-13(7-12)18-15(19)11-5-6-11/h2-4,7,9,11,16H,5-6,8H2,1H3,(H,18,19). The predicted octanol–water partition coefficient (Wildman–Crippen LogP) is 3.41. The summed E-state index contributed by atoms with van der Waals surface area (Å²) in [7, 11) is 0. The first kappa shape index (κ1) is 13.1. The maximum atomic E-state index is 11.7. The zero-order valence-electron chi connectivity index (χ0n) is 11.3. The molecule has 1 aromatic heterocycles. The number of nitrogens with one attached hydrogen (secondary N) is 2. The van der Waals surface area contributed by atoms with Crippen molar-refractivity contribution in [1.29, 1.82) is 0 Å². The molecule has 1 amide bonds. The Balaban J connectivity index is 1.62. The van der Waals surface area contributed by atoms with Gasteiger partial charge in [0.2, 0.25) is 5.91 Å². The SMILES string of the molecule is Cc1ncsc1CNc1cccc(NC(=O)C2CC2)c1. The molecule has 1 aromatic carbocycles. The van der Waals surface area contributed by atoms with E-state index in [1.165, 1.54) is 4.88 Å². The fourth-order valence-corrected chi connectivity index (χ4v) is 2.69. The quantitative estimate of drug-likeness (QED) is 0.886. The predicted molar refractivity (Wildman–Crippen MR) is 82.0 cm³/mol. The third-order valence-electron chi connectivity index (χ3n) is 3.38. The second-order valence-corrected chi connectivity index (χ2v) is 6.00. The van der Waals surface area contributed by atoms with Crippen LogP contribution in [0, 0.1) is 12.8 Å². The first-order chi connectivity index (χ1) is 9.72. The van der Waals surface area contributed by atoms with Crippen LogP contribution in [0.5, 0.6) is 0 Å². The molecular formula is C15H17N3OS. The van der Waals surface area contributed by atoms with E-state index < -0.39 is 0 Å². The van der Waals surface area contributed by atoms with E-state index >= 15 is 0 Å². The highest BCUT2D eigenvalue weighted by molar-refractivity contribution is 7.09. The van der Waals surface area contributed by atoms with Crippen molar-refractivity contribution >= 4 is 28.6 Å². The lowest BCUT2D eigenvalue weighted by Crippen LogP contribution is -2.13. The number of thiazole rings is 1. The summed E-state index contributed by atoms with van der Waals surface area (Å²) < 4.78 is 0. The summed E-state index contributed by atoms with van der Waals surface area (Å²) >= 11 is 1.65. The Labute approximate surface area is 122 Å². The van der Waals surface area contributed by atoms with Crippen LogP contribution in [0.2, 0.25) is 0 Å². The van der Waals surface area contributed by atoms with Crippen LogP contribution in [0.4, 0.5) is 11.4 Å². The van der Waals surface area contributed by atoms with Crippen molar-refractivity contribution in [2.24, 2.45) is 5.92 Å². The Morgan fingerprint density at radius 3 is 2.90 bits per heavy atom. The molecule has 104 valence electrons. The monoisotopic (exact) mass is 287 g/mol. The van der Waals surface area contributed by atoms with Crippen LogP contribution in [-0.2, 0) is 11.3 Å². The fraction of sp³-hybridized carbons (Fsp3) is 0.333. The molecular weight excluding hydrogens is 270 g/mol. The van der Waals surface area contributed by atoms with Gasteiger partial charge in [0.1, 0.15) is 0 Å². The zero-order chi connectivity index (χ0) is 13.9. The Kier molecular flexibility index (Phi) is 3.69. The third kappa shape index (κ3) is 3.17. The van der Waals surface area contributed by atoms with Crippen LogP contribution in [0.1, 0.15) is 23.4 Å². The van der Waals surface area contributed by atoms with Gasteiger partial charge in [-0.05, 0) is 38.0 Å². The number of aryl methyl sites for hydroxylation is 1. The molecule has 1 aliphatic carbocycles. The van der Waals surface area contributed by atoms with Crippen molar-refractivity contribution in [3.8, 4) is 0 Å². The van der Waals surface area contributed by atoms with E-state index in [1.54, 1.807) is 11.3 Å². The second kappa shape index (κ2) is 5.63. The van der Waals surface area contributed by atoms with E-state index in [0.717, 1.165) is 36.5 Å². The maximum absolute atomic E-state index is 11.7. The molecule has 0 atom stereocenters. The molecule has 2 N–H and O–H groups in total. The number of carbonyl (C=O) groups is 1. The smallest absolute Gasteiger partial charge is 0.227 e. The minimum atomic E-state index is 0.139. The second-order valence-electron chi connectivity index (χ2n) is 5.06. The molecule has 0 unspecified atom stereocenters. The molecule has 3 rings (SSSR count). The summed E-state index contributed by atoms with van der Waals surface area (Å²) in [5, 5.41) is 6.33. The van der Waals surface area contributed by atoms with Crippen molar-refractivity contribution in [2.45, 2.75) is 26.3 Å². The summed E-state index contributed by atoms with van der Waals surface area (Å²) in [6, 6.07) is 7.84. The topological polar surface area (TPSA) is 54.0 Å². The van der Waals surface area contributed by atoms with E-state index in [4.69, 9.17) is 0 Å². The highest BCUT2D eigenvalue weighted by atomic mass is 32.1. The number of hydrogen-bond acceptors (Lipinski definition) is 4. The van der Waals surface area contributed by atoms with E-state index in [9.17, 15) is 4.79 Å². The van der Waals surface area contributed by atoms with Crippen LogP contribution in [-0.4, -0.2) is 10.9 Å². The molecule has 20 heavy (non-hydrogen) atoms. The van der Waals surface area contributed by atoms with Crippen LogP contribution in [0.25, 0.3) is 0 Å². The maximum Gasteiger partial charge on any atom is 0.227 e. The summed E-state index contributed by atoms with van der Waals surface area (Å²) in [4.78, 5) is 17.2. The first-order valence-corrected chi connectivity index (χ1v) is 7.64. The van der Waals surface area contributed by atoms with Crippen LogP contribution >= 0.6 is 11.3 Å². The van der Waals surface area contributed by atoms with Gasteiger partial charge in [-0.25, -0.2) is 4.98 Å². The summed E-state index contributed by atoms with van der Waals surface area (Å²) in [6.07, 6.45) is 2.04. The van der Waals surface area contributed by atoms with Gasteiger partial charge in [0.05, 0.1) is 17.7 Å². The molecule has 4 nitrogen and oxygen atoms in total. The minimum Gasteiger partial charge on any atom is -0.380 e. The van der Waals surface area contributed by atoms with Crippen molar-refractivity contribution < 1.29 is 4.79 Å². The van der Waals surface area contributed by atoms with Crippen LogP contribution < -0.4 is 10.6 Å². The lowest BCUT2D eigenvalue weighted by Gasteiger charge is -2.09. The largest absolute Gasteiger partial charge is 0.380 e. The molecule has 1 aliphatic rings. The van der Waals surface area contributed by atoms with Crippen LogP contribution in [0.15, 0.2) is 29.8 Å². The molecule has 1 heterocycles. The van der Waals surface area contributed by atoms with Gasteiger partial charge in [-0.1, -0.05) is 6.07 Å². The molecule has 2 aromatic rings. The van der Waals surface area contributed by atoms with Gasteiger partial charge in [0.25, 0.3) is 0 Å². The molecule has 0 bridgehead atoms. The van der Waals surface area contributed by atoms with E-state index in [0.29, 0.717) is 0 Å². The van der Waals surface area contributed by atoms with E-state index in [-0.39, 0.29) is 11.8 Å². The van der Waals surface area contributed by atoms with Crippen molar-refractivity contribution in [3.05, 3.63) is 40.3 Å². The van der Waals surface area contributed by atoms with Gasteiger partial charge in [-0.2, -0.15) is 0 Å². The van der Waals surface area contributed by atoms with Crippen LogP contribution in [0.3, 0.4) is 0 Å². The molecule has 1 saturated carbocycles. The minimum absolute atomic E-state index is 0.139. The molecule has 0 radical (unpaired) electrons. The Morgan fingerprint density at radius 1 is 1.40 bits per heavy atom. The summed E-state index contributed by atoms with van der Waals surface area (Å²) in [5.74, 6) is 0.368. The van der Waals surface area contributed by atoms with E-state index in [2.05, 4.69) is 15.6 Å². The van der Waals surface area contributed by atoms with Gasteiger partial charge in [-0.15, -0.1) is 11.3 Å². The Bertz CT molecular complexity index is 619. The van der Waals surface area contributed by atoms with Gasteiger partial charge >= 0.3 is 0 Å². The lowest BCUT2D eigenvalue weighted by atomic mass is 10.2. The number of anilines is 2. The fourth-order valence-electron chi connectivity index (χ4n) is 1.97. The summed E-state index contributed by atoms with van der Waals surface area (Å²) in [6.45, 7) is 2.77. The Morgan fingerprint density at radius 2 is 2.20 bits per heavy atom. The molecule has 0 spiro atoms. The lowest BCUT2D eigenvalue weighted by molar-refractivity contribution is -0.117. The van der Waals surface area contributed by atoms with Gasteiger partial charge in [-0.3, -0.25) is 4.79 Å². The number of nitrogens with zero attached hydrogens (tertiary/aromatic N) is 1. The number of hydrogen-bond donors (Lipinski definition) is 2. The zero-order valence-corrected chi connectivity index (χ0v) is 12.2. The van der Waals surface area contributed by atoms with E-state index in [1.807, 2.05) is 36.7 Å². The number of amides is 1. The average molecular weight is 287 g/mol. The third-order valence-corrected chi connectivity index (χ3v) is 4.31. The highest BCUT2D eigenvalue weighted by Gasteiger charge is 2.29. The van der Waals surface area contributed by atoms with Gasteiger partial charge < -0.3 is 10.6 Å². The summed E-state index contributed by atoms with van der Waals surface area (Å²) in [5.41, 5.74) is 4.79. The molecule has 0 aliphatic heterocycles. The van der Waals surface area contributed by atoms with Gasteiger partial charge in [0.15, 0.2) is 0 Å². The average Bonchev–Trinajstić information content (AvgIpc) is 3.21. The van der Waals surface area contributed by atoms with Crippen molar-refractivity contribution in [3.63, 3.8) is 0 Å². The number of aromatic nitrogens is 1. The normalized spacial score (nSPS) is 14.1. The highest BCUT2D eigenvalue weighted by Crippen LogP contribution is 2.30. The van der Waals surface area contributed by atoms with Crippen molar-refractivity contribution in [2.75, 3.05) is 10.6 Å². The molecule has 0 saturated heterocycles. The molecule has 5 heteroatoms. The number of benzene rings is 1. The van der Waals surface area contributed by atoms with Gasteiger partial charge in [0, 0.05) is 22.2 Å². The first-order valence-electron chi connectivity index (χ1n) is 6.76. The van der Waals surface area contributed by atoms with Crippen molar-refractivity contribution in [1.82, 2.24) is 4.98 Å². The number of carbonyl (C=O) groups excluding carboxylic acids is 1. The molecule has 1 fully saturated rings.